The number of ether oxygens (including phenoxy) is 1. The number of nitrogens with zero attached hydrogens (tertiary/aromatic N) is 3. The van der Waals surface area contributed by atoms with Crippen LogP contribution < -0.4 is 10.1 Å². The molecule has 1 amide bonds. The van der Waals surface area contributed by atoms with Gasteiger partial charge in [0.15, 0.2) is 5.82 Å². The Morgan fingerprint density at radius 3 is 2.75 bits per heavy atom. The van der Waals surface area contributed by atoms with E-state index in [0.717, 1.165) is 29.7 Å². The summed E-state index contributed by atoms with van der Waals surface area (Å²) in [5, 5.41) is 3.19. The van der Waals surface area contributed by atoms with Gasteiger partial charge in [-0.25, -0.2) is 4.98 Å². The molecule has 6 nitrogen and oxygen atoms in total. The average molecular weight is 374 g/mol. The van der Waals surface area contributed by atoms with Crippen molar-refractivity contribution in [2.24, 2.45) is 5.92 Å². The van der Waals surface area contributed by atoms with Crippen LogP contribution in [0.4, 0.5) is 0 Å². The number of carbonyl (C=O) groups is 1. The monoisotopic (exact) mass is 374 g/mol. The highest BCUT2D eigenvalue weighted by Crippen LogP contribution is 2.41. The molecule has 1 aliphatic rings. The molecule has 3 aromatic rings. The van der Waals surface area contributed by atoms with Gasteiger partial charge in [-0.05, 0) is 49.4 Å². The first kappa shape index (κ1) is 18.1. The molecule has 1 atom stereocenters. The van der Waals surface area contributed by atoms with Gasteiger partial charge >= 0.3 is 0 Å². The fourth-order valence-electron chi connectivity index (χ4n) is 3.28. The van der Waals surface area contributed by atoms with Gasteiger partial charge in [-0.1, -0.05) is 18.2 Å². The van der Waals surface area contributed by atoms with Crippen LogP contribution in [0.5, 0.6) is 5.88 Å². The molecule has 0 radical (unpaired) electrons. The number of pyridine rings is 1. The first-order valence-corrected chi connectivity index (χ1v) is 9.35. The Kier molecular flexibility index (Phi) is 5.02. The fourth-order valence-corrected chi connectivity index (χ4v) is 3.28. The zero-order valence-corrected chi connectivity index (χ0v) is 15.9. The SMILES string of the molecule is COc1ccnc(-c2cccc(C(=O)N[C@@H](c3ncccc3C)C3CC3)c2)n1. The summed E-state index contributed by atoms with van der Waals surface area (Å²) in [6.45, 7) is 2.03. The molecule has 0 spiro atoms. The van der Waals surface area contributed by atoms with E-state index in [1.54, 1.807) is 37.7 Å². The quantitative estimate of drug-likeness (QED) is 0.711. The zero-order chi connectivity index (χ0) is 19.5. The predicted octanol–water partition coefficient (Wildman–Crippen LogP) is 3.74. The molecule has 1 aliphatic carbocycles. The highest BCUT2D eigenvalue weighted by molar-refractivity contribution is 5.95. The summed E-state index contributed by atoms with van der Waals surface area (Å²) in [6.07, 6.45) is 5.64. The van der Waals surface area contributed by atoms with Crippen LogP contribution in [0.2, 0.25) is 0 Å². The van der Waals surface area contributed by atoms with Crippen LogP contribution in [0, 0.1) is 12.8 Å². The number of benzene rings is 1. The molecule has 28 heavy (non-hydrogen) atoms. The van der Waals surface area contributed by atoms with Crippen molar-refractivity contribution >= 4 is 5.91 Å². The van der Waals surface area contributed by atoms with Crippen molar-refractivity contribution in [1.29, 1.82) is 0 Å². The van der Waals surface area contributed by atoms with E-state index in [1.807, 2.05) is 31.2 Å². The Morgan fingerprint density at radius 1 is 1.14 bits per heavy atom. The molecular formula is C22H22N4O2. The standard InChI is InChI=1S/C22H22N4O2/c1-14-5-4-11-23-19(14)20(15-8-9-15)26-22(27)17-7-3-6-16(13-17)21-24-12-10-18(25-21)28-2/h3-7,10-13,15,20H,8-9H2,1-2H3,(H,26,27)/t20-/m1/s1. The third kappa shape index (κ3) is 3.86. The van der Waals surface area contributed by atoms with Gasteiger partial charge in [0.1, 0.15) is 0 Å². The summed E-state index contributed by atoms with van der Waals surface area (Å²) >= 11 is 0. The molecule has 2 heterocycles. The van der Waals surface area contributed by atoms with Crippen LogP contribution in [0.15, 0.2) is 54.9 Å². The Balaban J connectivity index is 1.58. The van der Waals surface area contributed by atoms with E-state index in [1.165, 1.54) is 0 Å². The fraction of sp³-hybridized carbons (Fsp3) is 0.273. The topological polar surface area (TPSA) is 77.0 Å². The van der Waals surface area contributed by atoms with Gasteiger partial charge in [0, 0.05) is 29.6 Å². The lowest BCUT2D eigenvalue weighted by Crippen LogP contribution is -2.31. The number of rotatable bonds is 6. The Hall–Kier alpha value is -3.28. The minimum Gasteiger partial charge on any atom is -0.481 e. The van der Waals surface area contributed by atoms with Crippen LogP contribution in [-0.2, 0) is 0 Å². The van der Waals surface area contributed by atoms with Crippen molar-refractivity contribution < 1.29 is 9.53 Å². The molecule has 4 rings (SSSR count). The summed E-state index contributed by atoms with van der Waals surface area (Å²) in [5.74, 6) is 1.33. The number of aryl methyl sites for hydroxylation is 1. The lowest BCUT2D eigenvalue weighted by molar-refractivity contribution is 0.0930. The van der Waals surface area contributed by atoms with Crippen LogP contribution >= 0.6 is 0 Å². The minimum absolute atomic E-state index is 0.0644. The first-order chi connectivity index (χ1) is 13.7. The largest absolute Gasteiger partial charge is 0.481 e. The van der Waals surface area contributed by atoms with Gasteiger partial charge in [-0.3, -0.25) is 9.78 Å². The molecule has 1 fully saturated rings. The first-order valence-electron chi connectivity index (χ1n) is 9.35. The van der Waals surface area contributed by atoms with E-state index in [-0.39, 0.29) is 11.9 Å². The van der Waals surface area contributed by atoms with Crippen molar-refractivity contribution in [2.75, 3.05) is 7.11 Å². The molecule has 1 N–H and O–H groups in total. The third-order valence-electron chi connectivity index (χ3n) is 4.95. The summed E-state index contributed by atoms with van der Waals surface area (Å²) < 4.78 is 5.16. The lowest BCUT2D eigenvalue weighted by atomic mass is 10.0. The molecular weight excluding hydrogens is 352 g/mol. The van der Waals surface area contributed by atoms with Crippen LogP contribution in [0.3, 0.4) is 0 Å². The maximum Gasteiger partial charge on any atom is 0.251 e. The van der Waals surface area contributed by atoms with E-state index >= 15 is 0 Å². The second-order valence-electron chi connectivity index (χ2n) is 7.00. The molecule has 0 aliphatic heterocycles. The van der Waals surface area contributed by atoms with E-state index < -0.39 is 0 Å². The van der Waals surface area contributed by atoms with Crippen LogP contribution in [0.25, 0.3) is 11.4 Å². The number of carbonyl (C=O) groups excluding carboxylic acids is 1. The van der Waals surface area contributed by atoms with Gasteiger partial charge in [-0.2, -0.15) is 4.98 Å². The van der Waals surface area contributed by atoms with E-state index in [9.17, 15) is 4.79 Å². The lowest BCUT2D eigenvalue weighted by Gasteiger charge is -2.19. The van der Waals surface area contributed by atoms with E-state index in [4.69, 9.17) is 4.74 Å². The van der Waals surface area contributed by atoms with Crippen LogP contribution in [-0.4, -0.2) is 28.0 Å². The van der Waals surface area contributed by atoms with Crippen LogP contribution in [0.1, 0.15) is 40.5 Å². The number of hydrogen-bond donors (Lipinski definition) is 1. The van der Waals surface area contributed by atoms with Crippen molar-refractivity contribution in [3.63, 3.8) is 0 Å². The van der Waals surface area contributed by atoms with Crippen molar-refractivity contribution in [1.82, 2.24) is 20.3 Å². The number of methoxy groups -OCH3 is 1. The second kappa shape index (κ2) is 7.76. The van der Waals surface area contributed by atoms with E-state index in [0.29, 0.717) is 23.2 Å². The minimum atomic E-state index is -0.119. The van der Waals surface area contributed by atoms with Gasteiger partial charge < -0.3 is 10.1 Å². The zero-order valence-electron chi connectivity index (χ0n) is 15.9. The van der Waals surface area contributed by atoms with Crippen molar-refractivity contribution in [3.8, 4) is 17.3 Å². The van der Waals surface area contributed by atoms with Crippen molar-refractivity contribution in [2.45, 2.75) is 25.8 Å². The third-order valence-corrected chi connectivity index (χ3v) is 4.95. The molecule has 142 valence electrons. The van der Waals surface area contributed by atoms with Crippen molar-refractivity contribution in [3.05, 3.63) is 71.7 Å². The highest BCUT2D eigenvalue weighted by Gasteiger charge is 2.35. The second-order valence-corrected chi connectivity index (χ2v) is 7.00. The summed E-state index contributed by atoms with van der Waals surface area (Å²) in [5.41, 5.74) is 3.38. The van der Waals surface area contributed by atoms with Gasteiger partial charge in [0.05, 0.1) is 18.8 Å². The number of nitrogens with one attached hydrogen (secondary N) is 1. The smallest absolute Gasteiger partial charge is 0.251 e. The average Bonchev–Trinajstić information content (AvgIpc) is 3.58. The van der Waals surface area contributed by atoms with E-state index in [2.05, 4.69) is 20.3 Å². The summed E-state index contributed by atoms with van der Waals surface area (Å²) in [6, 6.07) is 12.9. The summed E-state index contributed by atoms with van der Waals surface area (Å²) in [4.78, 5) is 26.1. The molecule has 1 saturated carbocycles. The van der Waals surface area contributed by atoms with Gasteiger partial charge in [-0.15, -0.1) is 0 Å². The summed E-state index contributed by atoms with van der Waals surface area (Å²) in [7, 11) is 1.56. The normalized spacial score (nSPS) is 14.4. The highest BCUT2D eigenvalue weighted by atomic mass is 16.5. The maximum atomic E-state index is 13.0. The number of hydrogen-bond acceptors (Lipinski definition) is 5. The van der Waals surface area contributed by atoms with Gasteiger partial charge in [0.25, 0.3) is 5.91 Å². The molecule has 0 bridgehead atoms. The predicted molar refractivity (Wildman–Crippen MR) is 106 cm³/mol. The molecule has 6 heteroatoms. The Labute approximate surface area is 164 Å². The molecule has 2 aromatic heterocycles. The molecule has 0 unspecified atom stereocenters. The number of amides is 1. The maximum absolute atomic E-state index is 13.0. The Bertz CT molecular complexity index is 1000. The molecule has 1 aromatic carbocycles. The molecule has 0 saturated heterocycles. The Morgan fingerprint density at radius 2 is 2.00 bits per heavy atom. The number of aromatic nitrogens is 3. The van der Waals surface area contributed by atoms with Gasteiger partial charge in [0.2, 0.25) is 5.88 Å².